The molecule has 0 aliphatic rings. The third kappa shape index (κ3) is 5.03. The summed E-state index contributed by atoms with van der Waals surface area (Å²) in [6.45, 7) is 0. The van der Waals surface area contributed by atoms with E-state index >= 15 is 0 Å². The second-order valence-electron chi connectivity index (χ2n) is 3.68. The summed E-state index contributed by atoms with van der Waals surface area (Å²) in [7, 11) is 0. The monoisotopic (exact) mass is 294 g/mol. The van der Waals surface area contributed by atoms with E-state index in [1.807, 2.05) is 6.07 Å². The molecule has 0 aliphatic heterocycles. The van der Waals surface area contributed by atoms with Gasteiger partial charge >= 0.3 is 107 Å². The van der Waals surface area contributed by atoms with Crippen molar-refractivity contribution in [3.8, 4) is 6.07 Å². The third-order valence-electron chi connectivity index (χ3n) is 2.32. The number of hydrogen-bond donors (Lipinski definition) is 2. The molecule has 90 valence electrons. The quantitative estimate of drug-likeness (QED) is 0.599. The molecule has 0 radical (unpaired) electrons. The first-order valence-electron chi connectivity index (χ1n) is 5.30. The second kappa shape index (κ2) is 7.11. The zero-order chi connectivity index (χ0) is 12.7. The number of amides is 1. The fourth-order valence-electron chi connectivity index (χ4n) is 1.40. The molecule has 0 fully saturated rings. The summed E-state index contributed by atoms with van der Waals surface area (Å²) in [4.78, 5) is 10.5. The maximum atomic E-state index is 10.5. The van der Waals surface area contributed by atoms with Gasteiger partial charge in [0.2, 0.25) is 0 Å². The molecule has 5 heteroatoms. The van der Waals surface area contributed by atoms with E-state index in [-0.39, 0.29) is 21.7 Å². The molecule has 1 aromatic carbocycles. The number of nitriles is 1. The first kappa shape index (κ1) is 13.8. The van der Waals surface area contributed by atoms with Gasteiger partial charge in [0.05, 0.1) is 0 Å². The van der Waals surface area contributed by atoms with Crippen LogP contribution in [0.25, 0.3) is 0 Å². The number of carbonyl (C=O) groups excluding carboxylic acids is 1. The summed E-state index contributed by atoms with van der Waals surface area (Å²) in [5.41, 5.74) is 6.45. The first-order valence-corrected chi connectivity index (χ1v) is 8.27. The Morgan fingerprint density at radius 1 is 1.47 bits per heavy atom. The molecule has 0 heterocycles. The Hall–Kier alpha value is -1.30. The molecular formula is C12H15AsN2O2. The fourth-order valence-corrected chi connectivity index (χ4v) is 3.29. The summed E-state index contributed by atoms with van der Waals surface area (Å²) >= 11 is -0.365. The Bertz CT molecular complexity index is 412. The van der Waals surface area contributed by atoms with E-state index in [4.69, 9.17) is 11.0 Å². The molecule has 4 nitrogen and oxygen atoms in total. The number of hydrogen-bond acceptors (Lipinski definition) is 3. The third-order valence-corrected chi connectivity index (χ3v) is 4.92. The van der Waals surface area contributed by atoms with Gasteiger partial charge in [0, 0.05) is 0 Å². The van der Waals surface area contributed by atoms with Gasteiger partial charge < -0.3 is 0 Å². The van der Waals surface area contributed by atoms with Crippen molar-refractivity contribution in [3.05, 3.63) is 35.4 Å². The molecule has 17 heavy (non-hydrogen) atoms. The van der Waals surface area contributed by atoms with Gasteiger partial charge in [-0.2, -0.15) is 0 Å². The van der Waals surface area contributed by atoms with Crippen LogP contribution in [0.1, 0.15) is 23.7 Å². The van der Waals surface area contributed by atoms with Crippen LogP contribution in [0.15, 0.2) is 24.3 Å². The van der Waals surface area contributed by atoms with E-state index < -0.39 is 6.10 Å². The summed E-state index contributed by atoms with van der Waals surface area (Å²) in [5.74, 6) is -0.252. The Morgan fingerprint density at radius 3 is 2.65 bits per heavy atom. The Morgan fingerprint density at radius 2 is 2.12 bits per heavy atom. The Labute approximate surface area is 107 Å². The van der Waals surface area contributed by atoms with E-state index in [2.05, 4.69) is 0 Å². The van der Waals surface area contributed by atoms with E-state index in [1.54, 1.807) is 24.3 Å². The molecule has 0 spiro atoms. The molecule has 3 N–H and O–H groups in total. The molecule has 0 aliphatic carbocycles. The predicted octanol–water partition coefficient (Wildman–Crippen LogP) is 0.740. The van der Waals surface area contributed by atoms with Gasteiger partial charge in [0.15, 0.2) is 0 Å². The topological polar surface area (TPSA) is 87.1 Å². The fraction of sp³-hybridized carbons (Fsp3) is 0.333. The van der Waals surface area contributed by atoms with Gasteiger partial charge in [-0.3, -0.25) is 0 Å². The van der Waals surface area contributed by atoms with Crippen LogP contribution in [0.4, 0.5) is 0 Å². The number of primary amides is 1. The van der Waals surface area contributed by atoms with Crippen LogP contribution in [-0.4, -0.2) is 26.8 Å². The number of benzene rings is 1. The average molecular weight is 294 g/mol. The minimum atomic E-state index is -0.514. The number of aliphatic hydroxyl groups is 1. The van der Waals surface area contributed by atoms with Crippen molar-refractivity contribution in [3.63, 3.8) is 0 Å². The van der Waals surface area contributed by atoms with Crippen molar-refractivity contribution in [1.29, 1.82) is 5.26 Å². The van der Waals surface area contributed by atoms with Crippen LogP contribution in [0.2, 0.25) is 10.4 Å². The average Bonchev–Trinajstić information content (AvgIpc) is 2.34. The Balaban J connectivity index is 2.39. The summed E-state index contributed by atoms with van der Waals surface area (Å²) in [5, 5.41) is 19.9. The zero-order valence-electron chi connectivity index (χ0n) is 9.39. The first-order chi connectivity index (χ1) is 8.13. The van der Waals surface area contributed by atoms with Gasteiger partial charge in [-0.25, -0.2) is 0 Å². The maximum absolute atomic E-state index is 10.5. The Kier molecular flexibility index (Phi) is 5.75. The van der Waals surface area contributed by atoms with Crippen LogP contribution < -0.4 is 5.73 Å². The number of carbonyl (C=O) groups is 1. The van der Waals surface area contributed by atoms with Crippen LogP contribution in [0, 0.1) is 11.3 Å². The molecule has 1 amide bonds. The number of nitrogens with two attached hydrogens (primary N) is 1. The van der Waals surface area contributed by atoms with Gasteiger partial charge in [-0.15, -0.1) is 0 Å². The van der Waals surface area contributed by atoms with Crippen LogP contribution >= 0.6 is 0 Å². The SMILES string of the molecule is N#Cc1ccc(C(O)CC[AsH]CC(N)=O)cc1. The van der Waals surface area contributed by atoms with Gasteiger partial charge in [-0.1, -0.05) is 0 Å². The van der Waals surface area contributed by atoms with Crippen molar-refractivity contribution in [1.82, 2.24) is 0 Å². The van der Waals surface area contributed by atoms with Gasteiger partial charge in [0.1, 0.15) is 0 Å². The van der Waals surface area contributed by atoms with E-state index in [1.165, 1.54) is 0 Å². The van der Waals surface area contributed by atoms with Gasteiger partial charge in [-0.05, 0) is 0 Å². The van der Waals surface area contributed by atoms with E-state index in [0.29, 0.717) is 17.2 Å². The number of nitrogens with zero attached hydrogens (tertiary/aromatic N) is 1. The predicted molar refractivity (Wildman–Crippen MR) is 66.7 cm³/mol. The molecule has 0 saturated carbocycles. The van der Waals surface area contributed by atoms with Crippen molar-refractivity contribution in [2.75, 3.05) is 0 Å². The van der Waals surface area contributed by atoms with Gasteiger partial charge in [0.25, 0.3) is 0 Å². The summed E-state index contributed by atoms with van der Waals surface area (Å²) in [6, 6.07) is 8.94. The van der Waals surface area contributed by atoms with Crippen LogP contribution in [0.5, 0.6) is 0 Å². The molecule has 2 unspecified atom stereocenters. The minimum absolute atomic E-state index is 0.252. The molecule has 0 aromatic heterocycles. The normalized spacial score (nSPS) is 12.5. The van der Waals surface area contributed by atoms with Crippen LogP contribution in [-0.2, 0) is 4.79 Å². The molecular weight excluding hydrogens is 279 g/mol. The number of rotatable bonds is 6. The molecule has 0 bridgehead atoms. The molecule has 0 saturated heterocycles. The molecule has 1 aromatic rings. The second-order valence-corrected chi connectivity index (χ2v) is 6.52. The standard InChI is InChI=1S/C12H15AsN2O2/c14-8-9-1-3-10(4-2-9)11(16)5-6-13-7-12(15)17/h1-4,11,13,16H,5-7H2,(H2,15,17). The van der Waals surface area contributed by atoms with Crippen LogP contribution in [0.3, 0.4) is 0 Å². The van der Waals surface area contributed by atoms with Crippen molar-refractivity contribution < 1.29 is 9.90 Å². The summed E-state index contributed by atoms with van der Waals surface area (Å²) in [6.07, 6.45) is 0.137. The zero-order valence-corrected chi connectivity index (χ0v) is 11.5. The molecule has 1 rings (SSSR count). The van der Waals surface area contributed by atoms with Crippen molar-refractivity contribution in [2.45, 2.75) is 22.9 Å². The molecule has 2 atom stereocenters. The van der Waals surface area contributed by atoms with Crippen molar-refractivity contribution >= 4 is 21.7 Å². The van der Waals surface area contributed by atoms with E-state index in [0.717, 1.165) is 10.8 Å². The summed E-state index contributed by atoms with van der Waals surface area (Å²) < 4.78 is 0. The van der Waals surface area contributed by atoms with E-state index in [9.17, 15) is 9.90 Å². The van der Waals surface area contributed by atoms with Crippen molar-refractivity contribution in [2.24, 2.45) is 5.73 Å². The number of aliphatic hydroxyl groups excluding tert-OH is 1.